The summed E-state index contributed by atoms with van der Waals surface area (Å²) in [4.78, 5) is 23.5. The lowest BCUT2D eigenvalue weighted by Gasteiger charge is -2.15. The Kier molecular flexibility index (Phi) is 5.01. The van der Waals surface area contributed by atoms with E-state index in [1.165, 1.54) is 0 Å². The highest BCUT2D eigenvalue weighted by atomic mass is 35.5. The quantitative estimate of drug-likeness (QED) is 0.781. The van der Waals surface area contributed by atoms with E-state index >= 15 is 0 Å². The highest BCUT2D eigenvalue weighted by Gasteiger charge is 2.28. The van der Waals surface area contributed by atoms with Gasteiger partial charge in [-0.1, -0.05) is 35.9 Å². The molecule has 6 heteroatoms. The van der Waals surface area contributed by atoms with E-state index in [0.29, 0.717) is 23.8 Å². The lowest BCUT2D eigenvalue weighted by atomic mass is 10.1. The van der Waals surface area contributed by atoms with Gasteiger partial charge in [-0.3, -0.25) is 9.59 Å². The Morgan fingerprint density at radius 1 is 1.12 bits per heavy atom. The number of nitrogens with one attached hydrogen (secondary N) is 3. The second kappa shape index (κ2) is 7.36. The molecule has 1 saturated heterocycles. The molecule has 1 atom stereocenters. The molecule has 1 fully saturated rings. The SMILES string of the molecule is O=C1C[C@@H](C(=O)Nc2ccccc2NCc2ccc(Cl)cc2)CN1. The van der Waals surface area contributed by atoms with Crippen molar-refractivity contribution in [3.63, 3.8) is 0 Å². The summed E-state index contributed by atoms with van der Waals surface area (Å²) in [6.45, 7) is 1.01. The molecule has 2 aromatic carbocycles. The van der Waals surface area contributed by atoms with E-state index < -0.39 is 0 Å². The van der Waals surface area contributed by atoms with Crippen molar-refractivity contribution < 1.29 is 9.59 Å². The molecule has 3 rings (SSSR count). The molecule has 0 unspecified atom stereocenters. The molecule has 2 amide bonds. The van der Waals surface area contributed by atoms with Crippen LogP contribution in [0, 0.1) is 5.92 Å². The van der Waals surface area contributed by atoms with Crippen LogP contribution in [0.1, 0.15) is 12.0 Å². The first-order valence-corrected chi connectivity index (χ1v) is 8.14. The zero-order valence-electron chi connectivity index (χ0n) is 13.0. The van der Waals surface area contributed by atoms with Crippen molar-refractivity contribution in [2.75, 3.05) is 17.2 Å². The highest BCUT2D eigenvalue weighted by Crippen LogP contribution is 2.23. The molecule has 0 bridgehead atoms. The third-order valence-corrected chi connectivity index (χ3v) is 4.18. The van der Waals surface area contributed by atoms with E-state index in [0.717, 1.165) is 11.3 Å². The number of halogens is 1. The maximum atomic E-state index is 12.3. The number of hydrogen-bond acceptors (Lipinski definition) is 3. The molecule has 0 spiro atoms. The van der Waals surface area contributed by atoms with Gasteiger partial charge in [0.05, 0.1) is 17.3 Å². The van der Waals surface area contributed by atoms with Crippen molar-refractivity contribution in [3.8, 4) is 0 Å². The minimum atomic E-state index is -0.318. The maximum absolute atomic E-state index is 12.3. The average Bonchev–Trinajstić information content (AvgIpc) is 3.02. The normalized spacial score (nSPS) is 16.5. The van der Waals surface area contributed by atoms with Crippen LogP contribution in [0.25, 0.3) is 0 Å². The second-order valence-electron chi connectivity index (χ2n) is 5.72. The monoisotopic (exact) mass is 343 g/mol. The van der Waals surface area contributed by atoms with Crippen LogP contribution in [-0.4, -0.2) is 18.4 Å². The largest absolute Gasteiger partial charge is 0.379 e. The van der Waals surface area contributed by atoms with Gasteiger partial charge in [0.25, 0.3) is 0 Å². The van der Waals surface area contributed by atoms with Gasteiger partial charge in [0.1, 0.15) is 0 Å². The van der Waals surface area contributed by atoms with Gasteiger partial charge in [-0.25, -0.2) is 0 Å². The zero-order chi connectivity index (χ0) is 16.9. The number of carbonyl (C=O) groups is 2. The minimum Gasteiger partial charge on any atom is -0.379 e. The number of anilines is 2. The van der Waals surface area contributed by atoms with Crippen LogP contribution in [0.4, 0.5) is 11.4 Å². The minimum absolute atomic E-state index is 0.0794. The standard InChI is InChI=1S/C18H18ClN3O2/c19-14-7-5-12(6-8-14)10-20-15-3-1-2-4-16(15)22-18(24)13-9-17(23)21-11-13/h1-8,13,20H,9-11H2,(H,21,23)(H,22,24)/t13-/m1/s1. The van der Waals surface area contributed by atoms with Crippen molar-refractivity contribution in [1.29, 1.82) is 0 Å². The van der Waals surface area contributed by atoms with E-state index in [-0.39, 0.29) is 24.2 Å². The summed E-state index contributed by atoms with van der Waals surface area (Å²) in [5.74, 6) is -0.541. The zero-order valence-corrected chi connectivity index (χ0v) is 13.8. The second-order valence-corrected chi connectivity index (χ2v) is 6.16. The van der Waals surface area contributed by atoms with Crippen LogP contribution in [-0.2, 0) is 16.1 Å². The third-order valence-electron chi connectivity index (χ3n) is 3.93. The van der Waals surface area contributed by atoms with Gasteiger partial charge in [0, 0.05) is 24.5 Å². The van der Waals surface area contributed by atoms with Crippen molar-refractivity contribution in [2.24, 2.45) is 5.92 Å². The highest BCUT2D eigenvalue weighted by molar-refractivity contribution is 6.30. The van der Waals surface area contributed by atoms with E-state index in [4.69, 9.17) is 11.6 Å². The van der Waals surface area contributed by atoms with Crippen LogP contribution < -0.4 is 16.0 Å². The molecule has 0 aliphatic carbocycles. The van der Waals surface area contributed by atoms with Gasteiger partial charge in [-0.2, -0.15) is 0 Å². The Hall–Kier alpha value is -2.53. The van der Waals surface area contributed by atoms with E-state index in [1.54, 1.807) is 0 Å². The Morgan fingerprint density at radius 3 is 2.50 bits per heavy atom. The van der Waals surface area contributed by atoms with Gasteiger partial charge in [-0.05, 0) is 29.8 Å². The number of rotatable bonds is 5. The number of amides is 2. The summed E-state index contributed by atoms with van der Waals surface area (Å²) in [5, 5.41) is 9.59. The summed E-state index contributed by atoms with van der Waals surface area (Å²) >= 11 is 5.89. The topological polar surface area (TPSA) is 70.2 Å². The molecule has 2 aromatic rings. The number of carbonyl (C=O) groups excluding carboxylic acids is 2. The van der Waals surface area contributed by atoms with Crippen molar-refractivity contribution in [1.82, 2.24) is 5.32 Å². The first-order chi connectivity index (χ1) is 11.6. The Balaban J connectivity index is 1.65. The summed E-state index contributed by atoms with van der Waals surface area (Å²) in [6.07, 6.45) is 0.242. The summed E-state index contributed by atoms with van der Waals surface area (Å²) in [7, 11) is 0. The molecule has 3 N–H and O–H groups in total. The molecule has 5 nitrogen and oxygen atoms in total. The first-order valence-electron chi connectivity index (χ1n) is 7.77. The van der Waals surface area contributed by atoms with E-state index in [2.05, 4.69) is 16.0 Å². The molecule has 1 aliphatic rings. The van der Waals surface area contributed by atoms with Crippen molar-refractivity contribution >= 4 is 34.8 Å². The van der Waals surface area contributed by atoms with Crippen LogP contribution >= 0.6 is 11.6 Å². The fraction of sp³-hybridized carbons (Fsp3) is 0.222. The van der Waals surface area contributed by atoms with Gasteiger partial charge in [0.15, 0.2) is 0 Å². The molecule has 0 radical (unpaired) electrons. The molecule has 1 heterocycles. The number of hydrogen-bond donors (Lipinski definition) is 3. The average molecular weight is 344 g/mol. The molecule has 24 heavy (non-hydrogen) atoms. The van der Waals surface area contributed by atoms with Crippen molar-refractivity contribution in [2.45, 2.75) is 13.0 Å². The fourth-order valence-corrected chi connectivity index (χ4v) is 2.70. The Labute approximate surface area is 145 Å². The number of benzene rings is 2. The third kappa shape index (κ3) is 4.06. The van der Waals surface area contributed by atoms with E-state index in [1.807, 2.05) is 48.5 Å². The number of para-hydroxylation sites is 2. The summed E-state index contributed by atoms with van der Waals surface area (Å²) in [6, 6.07) is 15.1. The molecule has 0 saturated carbocycles. The predicted octanol–water partition coefficient (Wildman–Crippen LogP) is 3.03. The van der Waals surface area contributed by atoms with Crippen LogP contribution in [0.15, 0.2) is 48.5 Å². The van der Waals surface area contributed by atoms with Gasteiger partial charge in [-0.15, -0.1) is 0 Å². The molecular formula is C18H18ClN3O2. The van der Waals surface area contributed by atoms with Crippen LogP contribution in [0.3, 0.4) is 0 Å². The van der Waals surface area contributed by atoms with Gasteiger partial charge < -0.3 is 16.0 Å². The maximum Gasteiger partial charge on any atom is 0.229 e. The summed E-state index contributed by atoms with van der Waals surface area (Å²) < 4.78 is 0. The lowest BCUT2D eigenvalue weighted by Crippen LogP contribution is -2.25. The van der Waals surface area contributed by atoms with Crippen LogP contribution in [0.2, 0.25) is 5.02 Å². The first kappa shape index (κ1) is 16.3. The molecule has 1 aliphatic heterocycles. The van der Waals surface area contributed by atoms with Gasteiger partial charge in [0.2, 0.25) is 11.8 Å². The fourth-order valence-electron chi connectivity index (χ4n) is 2.57. The van der Waals surface area contributed by atoms with Crippen molar-refractivity contribution in [3.05, 3.63) is 59.1 Å². The molecular weight excluding hydrogens is 326 g/mol. The lowest BCUT2D eigenvalue weighted by molar-refractivity contribution is -0.123. The smallest absolute Gasteiger partial charge is 0.229 e. The predicted molar refractivity (Wildman–Crippen MR) is 95.0 cm³/mol. The van der Waals surface area contributed by atoms with E-state index in [9.17, 15) is 9.59 Å². The Bertz CT molecular complexity index is 746. The Morgan fingerprint density at radius 2 is 1.83 bits per heavy atom. The molecule has 124 valence electrons. The summed E-state index contributed by atoms with van der Waals surface area (Å²) in [5.41, 5.74) is 2.63. The van der Waals surface area contributed by atoms with Gasteiger partial charge >= 0.3 is 0 Å². The molecule has 0 aromatic heterocycles. The van der Waals surface area contributed by atoms with Crippen LogP contribution in [0.5, 0.6) is 0 Å².